The summed E-state index contributed by atoms with van der Waals surface area (Å²) in [5.74, 6) is -0.858. The maximum atomic E-state index is 11.6. The lowest BCUT2D eigenvalue weighted by Crippen LogP contribution is -2.32. The van der Waals surface area contributed by atoms with E-state index in [9.17, 15) is 13.2 Å². The van der Waals surface area contributed by atoms with Gasteiger partial charge in [0, 0.05) is 25.5 Å². The minimum atomic E-state index is -3.65. The third-order valence-corrected chi connectivity index (χ3v) is 4.18. The van der Waals surface area contributed by atoms with Crippen LogP contribution in [0, 0.1) is 0 Å². The first kappa shape index (κ1) is 16.8. The summed E-state index contributed by atoms with van der Waals surface area (Å²) in [5.41, 5.74) is 0.672. The number of anilines is 1. The molecule has 0 amide bonds. The molecule has 0 aromatic carbocycles. The Morgan fingerprint density at radius 2 is 2.30 bits per heavy atom. The smallest absolute Gasteiger partial charge is 0.303 e. The number of carbonyl (C=O) groups is 1. The molecule has 1 rings (SSSR count). The van der Waals surface area contributed by atoms with Gasteiger partial charge >= 0.3 is 16.2 Å². The Bertz CT molecular complexity index is 529. The van der Waals surface area contributed by atoms with Crippen LogP contribution >= 0.6 is 11.3 Å². The van der Waals surface area contributed by atoms with E-state index in [4.69, 9.17) is 9.84 Å². The zero-order chi connectivity index (χ0) is 15.0. The molecule has 0 aliphatic heterocycles. The van der Waals surface area contributed by atoms with Gasteiger partial charge in [0.1, 0.15) is 0 Å². The zero-order valence-corrected chi connectivity index (χ0v) is 12.6. The van der Waals surface area contributed by atoms with Gasteiger partial charge in [-0.2, -0.15) is 13.1 Å². The van der Waals surface area contributed by atoms with E-state index in [1.165, 1.54) is 7.11 Å². The number of thiazole rings is 1. The lowest BCUT2D eigenvalue weighted by Gasteiger charge is -2.05. The van der Waals surface area contributed by atoms with E-state index in [2.05, 4.69) is 14.4 Å². The van der Waals surface area contributed by atoms with Crippen molar-refractivity contribution >= 4 is 32.6 Å². The van der Waals surface area contributed by atoms with Gasteiger partial charge in [-0.1, -0.05) is 0 Å². The number of carboxylic acids is 1. The van der Waals surface area contributed by atoms with Crippen LogP contribution in [0.25, 0.3) is 0 Å². The summed E-state index contributed by atoms with van der Waals surface area (Å²) >= 11 is 1.15. The summed E-state index contributed by atoms with van der Waals surface area (Å²) in [6.45, 7) is 0.446. The second-order valence-corrected chi connectivity index (χ2v) is 6.24. The second kappa shape index (κ2) is 8.15. The van der Waals surface area contributed by atoms with Crippen LogP contribution in [0.1, 0.15) is 18.5 Å². The SMILES string of the molecule is COCCNS(=O)(=O)Nc1nc(CCCC(=O)O)cs1. The Kier molecular flexibility index (Phi) is 6.85. The van der Waals surface area contributed by atoms with Crippen molar-refractivity contribution in [2.24, 2.45) is 0 Å². The highest BCUT2D eigenvalue weighted by atomic mass is 32.2. The highest BCUT2D eigenvalue weighted by Crippen LogP contribution is 2.17. The average molecular weight is 323 g/mol. The second-order valence-electron chi connectivity index (χ2n) is 3.88. The molecular formula is C10H17N3O5S2. The number of nitrogens with one attached hydrogen (secondary N) is 2. The van der Waals surface area contributed by atoms with Crippen LogP contribution < -0.4 is 9.44 Å². The normalized spacial score (nSPS) is 11.4. The number of aliphatic carboxylic acids is 1. The molecule has 0 spiro atoms. The van der Waals surface area contributed by atoms with E-state index < -0.39 is 16.2 Å². The van der Waals surface area contributed by atoms with E-state index in [0.29, 0.717) is 18.5 Å². The lowest BCUT2D eigenvalue weighted by atomic mass is 10.2. The minimum absolute atomic E-state index is 0.0666. The fourth-order valence-electron chi connectivity index (χ4n) is 1.32. The molecular weight excluding hydrogens is 306 g/mol. The number of hydrogen-bond acceptors (Lipinski definition) is 6. The van der Waals surface area contributed by atoms with Gasteiger partial charge in [0.25, 0.3) is 0 Å². The molecule has 0 radical (unpaired) electrons. The monoisotopic (exact) mass is 323 g/mol. The Morgan fingerprint density at radius 1 is 1.55 bits per heavy atom. The minimum Gasteiger partial charge on any atom is -0.481 e. The van der Waals surface area contributed by atoms with Crippen molar-refractivity contribution in [3.05, 3.63) is 11.1 Å². The third kappa shape index (κ3) is 6.80. The molecule has 8 nitrogen and oxygen atoms in total. The number of aromatic nitrogens is 1. The van der Waals surface area contributed by atoms with Gasteiger partial charge < -0.3 is 9.84 Å². The van der Waals surface area contributed by atoms with Gasteiger partial charge in [0.2, 0.25) is 0 Å². The molecule has 1 aromatic heterocycles. The Morgan fingerprint density at radius 3 is 2.95 bits per heavy atom. The number of nitrogens with zero attached hydrogens (tertiary/aromatic N) is 1. The summed E-state index contributed by atoms with van der Waals surface area (Å²) in [6.07, 6.45) is 1.04. The van der Waals surface area contributed by atoms with Crippen molar-refractivity contribution in [2.45, 2.75) is 19.3 Å². The molecule has 20 heavy (non-hydrogen) atoms. The highest BCUT2D eigenvalue weighted by molar-refractivity contribution is 7.91. The number of aryl methyl sites for hydroxylation is 1. The van der Waals surface area contributed by atoms with Crippen molar-refractivity contribution in [3.8, 4) is 0 Å². The van der Waals surface area contributed by atoms with E-state index in [0.717, 1.165) is 11.3 Å². The summed E-state index contributed by atoms with van der Waals surface area (Å²) < 4.78 is 32.5. The lowest BCUT2D eigenvalue weighted by molar-refractivity contribution is -0.137. The number of ether oxygens (including phenoxy) is 1. The Balaban J connectivity index is 2.44. The molecule has 0 fully saturated rings. The summed E-state index contributed by atoms with van der Waals surface area (Å²) in [5, 5.41) is 10.5. The van der Waals surface area contributed by atoms with Crippen molar-refractivity contribution in [1.82, 2.24) is 9.71 Å². The molecule has 114 valence electrons. The molecule has 0 unspecified atom stereocenters. The molecule has 0 saturated heterocycles. The van der Waals surface area contributed by atoms with Gasteiger partial charge in [-0.25, -0.2) is 9.71 Å². The van der Waals surface area contributed by atoms with Crippen LogP contribution in [-0.4, -0.2) is 44.7 Å². The quantitative estimate of drug-likeness (QED) is 0.538. The maximum Gasteiger partial charge on any atom is 0.303 e. The van der Waals surface area contributed by atoms with E-state index >= 15 is 0 Å². The molecule has 10 heteroatoms. The Hall–Kier alpha value is -1.23. The molecule has 1 aromatic rings. The summed E-state index contributed by atoms with van der Waals surface area (Å²) in [4.78, 5) is 14.5. The molecule has 3 N–H and O–H groups in total. The molecule has 0 bridgehead atoms. The summed E-state index contributed by atoms with van der Waals surface area (Å²) in [6, 6.07) is 0. The number of carboxylic acid groups (broad SMARTS) is 1. The standard InChI is InChI=1S/C10H17N3O5S2/c1-18-6-5-11-20(16,17)13-10-12-8(7-19-10)3-2-4-9(14)15/h7,11H,2-6H2,1H3,(H,12,13)(H,14,15). The van der Waals surface area contributed by atoms with E-state index in [1.807, 2.05) is 0 Å². The van der Waals surface area contributed by atoms with Crippen molar-refractivity contribution < 1.29 is 23.1 Å². The topological polar surface area (TPSA) is 118 Å². The predicted octanol–water partition coefficient (Wildman–Crippen LogP) is 0.443. The van der Waals surface area contributed by atoms with Crippen molar-refractivity contribution in [1.29, 1.82) is 0 Å². The average Bonchev–Trinajstić information content (AvgIpc) is 2.75. The van der Waals surface area contributed by atoms with Crippen molar-refractivity contribution in [3.63, 3.8) is 0 Å². The van der Waals surface area contributed by atoms with Gasteiger partial charge in [0.05, 0.1) is 12.3 Å². The molecule has 0 aliphatic rings. The predicted molar refractivity (Wildman–Crippen MR) is 75.1 cm³/mol. The highest BCUT2D eigenvalue weighted by Gasteiger charge is 2.12. The van der Waals surface area contributed by atoms with Gasteiger partial charge in [-0.3, -0.25) is 4.79 Å². The fraction of sp³-hybridized carbons (Fsp3) is 0.600. The largest absolute Gasteiger partial charge is 0.481 e. The van der Waals surface area contributed by atoms with Crippen molar-refractivity contribution in [2.75, 3.05) is 25.0 Å². The summed E-state index contributed by atoms with van der Waals surface area (Å²) in [7, 11) is -2.18. The van der Waals surface area contributed by atoms with Gasteiger partial charge in [-0.15, -0.1) is 11.3 Å². The molecule has 0 atom stereocenters. The number of methoxy groups -OCH3 is 1. The zero-order valence-electron chi connectivity index (χ0n) is 11.0. The van der Waals surface area contributed by atoms with Crippen LogP contribution in [0.3, 0.4) is 0 Å². The first-order valence-corrected chi connectivity index (χ1v) is 8.22. The first-order valence-electron chi connectivity index (χ1n) is 5.85. The van der Waals surface area contributed by atoms with Crippen LogP contribution in [0.5, 0.6) is 0 Å². The number of hydrogen-bond donors (Lipinski definition) is 3. The fourth-order valence-corrected chi connectivity index (χ4v) is 3.13. The van der Waals surface area contributed by atoms with Crippen LogP contribution in [0.4, 0.5) is 5.13 Å². The van der Waals surface area contributed by atoms with Gasteiger partial charge in [-0.05, 0) is 12.8 Å². The third-order valence-electron chi connectivity index (χ3n) is 2.20. The Labute approximate surface area is 121 Å². The van der Waals surface area contributed by atoms with E-state index in [1.54, 1.807) is 5.38 Å². The number of rotatable bonds is 10. The molecule has 0 aliphatic carbocycles. The van der Waals surface area contributed by atoms with Gasteiger partial charge in [0.15, 0.2) is 5.13 Å². The maximum absolute atomic E-state index is 11.6. The first-order chi connectivity index (χ1) is 9.43. The van der Waals surface area contributed by atoms with Crippen LogP contribution in [0.2, 0.25) is 0 Å². The van der Waals surface area contributed by atoms with Crippen LogP contribution in [0.15, 0.2) is 5.38 Å². The van der Waals surface area contributed by atoms with E-state index in [-0.39, 0.29) is 24.7 Å². The molecule has 1 heterocycles. The molecule has 0 saturated carbocycles. The van der Waals surface area contributed by atoms with Crippen LogP contribution in [-0.2, 0) is 26.2 Å².